The van der Waals surface area contributed by atoms with Gasteiger partial charge in [0.05, 0.1) is 12.3 Å². The Labute approximate surface area is 133 Å². The molecule has 0 aliphatic rings. The number of nitrogens with one attached hydrogen (secondary N) is 1. The number of aryl methyl sites for hydroxylation is 1. The summed E-state index contributed by atoms with van der Waals surface area (Å²) < 4.78 is 10.3. The highest BCUT2D eigenvalue weighted by atomic mass is 16.5. The van der Waals surface area contributed by atoms with Crippen molar-refractivity contribution in [3.63, 3.8) is 0 Å². The highest BCUT2D eigenvalue weighted by Crippen LogP contribution is 2.16. The molecule has 6 heteroatoms. The maximum atomic E-state index is 12.0. The van der Waals surface area contributed by atoms with Crippen LogP contribution in [0.2, 0.25) is 0 Å². The topological polar surface area (TPSA) is 81.2 Å². The van der Waals surface area contributed by atoms with Crippen molar-refractivity contribution in [2.45, 2.75) is 25.8 Å². The van der Waals surface area contributed by atoms with E-state index in [4.69, 9.17) is 8.94 Å². The van der Waals surface area contributed by atoms with E-state index in [2.05, 4.69) is 15.5 Å². The van der Waals surface area contributed by atoms with Crippen LogP contribution in [0.3, 0.4) is 0 Å². The van der Waals surface area contributed by atoms with Crippen LogP contribution in [0.4, 0.5) is 0 Å². The maximum absolute atomic E-state index is 12.0. The highest BCUT2D eigenvalue weighted by Gasteiger charge is 2.13. The third-order valence-corrected chi connectivity index (χ3v) is 3.45. The molecule has 2 aromatic heterocycles. The van der Waals surface area contributed by atoms with E-state index in [1.165, 1.54) is 0 Å². The second-order valence-corrected chi connectivity index (χ2v) is 5.19. The lowest BCUT2D eigenvalue weighted by Gasteiger charge is -2.13. The van der Waals surface area contributed by atoms with Gasteiger partial charge in [-0.2, -0.15) is 4.98 Å². The summed E-state index contributed by atoms with van der Waals surface area (Å²) in [5, 5.41) is 6.79. The Morgan fingerprint density at radius 3 is 2.78 bits per heavy atom. The summed E-state index contributed by atoms with van der Waals surface area (Å²) in [6, 6.07) is 13.3. The number of hydrogen-bond donors (Lipinski definition) is 1. The van der Waals surface area contributed by atoms with Crippen LogP contribution in [0, 0.1) is 0 Å². The summed E-state index contributed by atoms with van der Waals surface area (Å²) in [6.45, 7) is 1.95. The van der Waals surface area contributed by atoms with Gasteiger partial charge in [0.25, 0.3) is 0 Å². The standard InChI is InChI=1S/C17H17N3O3/c1-12(13-6-3-2-4-7-13)18-15(21)9-10-16-19-17(20-23-16)14-8-5-11-22-14/h2-8,11-12H,9-10H2,1H3,(H,18,21). The zero-order valence-corrected chi connectivity index (χ0v) is 12.7. The predicted molar refractivity (Wildman–Crippen MR) is 83.3 cm³/mol. The fourth-order valence-electron chi connectivity index (χ4n) is 2.22. The van der Waals surface area contributed by atoms with Crippen molar-refractivity contribution < 1.29 is 13.7 Å². The van der Waals surface area contributed by atoms with Crippen molar-refractivity contribution in [3.8, 4) is 11.6 Å². The first-order valence-corrected chi connectivity index (χ1v) is 7.43. The average Bonchev–Trinajstić information content (AvgIpc) is 3.25. The summed E-state index contributed by atoms with van der Waals surface area (Å²) in [7, 11) is 0. The number of hydrogen-bond acceptors (Lipinski definition) is 5. The molecule has 1 aromatic carbocycles. The lowest BCUT2D eigenvalue weighted by molar-refractivity contribution is -0.121. The Morgan fingerprint density at radius 2 is 2.04 bits per heavy atom. The molecule has 23 heavy (non-hydrogen) atoms. The van der Waals surface area contributed by atoms with Crippen LogP contribution in [0.5, 0.6) is 0 Å². The minimum Gasteiger partial charge on any atom is -0.461 e. The molecule has 0 aliphatic carbocycles. The number of carbonyl (C=O) groups excluding carboxylic acids is 1. The molecule has 1 unspecified atom stereocenters. The Morgan fingerprint density at radius 1 is 1.22 bits per heavy atom. The fourth-order valence-corrected chi connectivity index (χ4v) is 2.22. The third-order valence-electron chi connectivity index (χ3n) is 3.45. The van der Waals surface area contributed by atoms with E-state index in [0.29, 0.717) is 23.9 Å². The summed E-state index contributed by atoms with van der Waals surface area (Å²) in [4.78, 5) is 16.2. The van der Waals surface area contributed by atoms with Crippen LogP contribution >= 0.6 is 0 Å². The van der Waals surface area contributed by atoms with Crippen LogP contribution in [-0.4, -0.2) is 16.0 Å². The molecular formula is C17H17N3O3. The van der Waals surface area contributed by atoms with Gasteiger partial charge in [0.1, 0.15) is 0 Å². The molecule has 0 fully saturated rings. The van der Waals surface area contributed by atoms with E-state index in [9.17, 15) is 4.79 Å². The third kappa shape index (κ3) is 3.85. The van der Waals surface area contributed by atoms with Crippen LogP contribution < -0.4 is 5.32 Å². The Kier molecular flexibility index (Phi) is 4.52. The van der Waals surface area contributed by atoms with E-state index in [-0.39, 0.29) is 18.4 Å². The zero-order chi connectivity index (χ0) is 16.1. The molecule has 0 saturated carbocycles. The van der Waals surface area contributed by atoms with Gasteiger partial charge in [0.2, 0.25) is 17.6 Å². The van der Waals surface area contributed by atoms with Gasteiger partial charge in [-0.05, 0) is 24.6 Å². The molecule has 1 amide bonds. The normalized spacial score (nSPS) is 12.0. The first-order chi connectivity index (χ1) is 11.2. The molecule has 3 aromatic rings. The van der Waals surface area contributed by atoms with E-state index in [1.807, 2.05) is 37.3 Å². The largest absolute Gasteiger partial charge is 0.461 e. The second-order valence-electron chi connectivity index (χ2n) is 5.19. The van der Waals surface area contributed by atoms with Crippen molar-refractivity contribution in [2.24, 2.45) is 0 Å². The smallest absolute Gasteiger partial charge is 0.238 e. The summed E-state index contributed by atoms with van der Waals surface area (Å²) in [5.74, 6) is 1.29. The molecule has 0 aliphatic heterocycles. The van der Waals surface area contributed by atoms with Crippen molar-refractivity contribution >= 4 is 5.91 Å². The number of furan rings is 1. The zero-order valence-electron chi connectivity index (χ0n) is 12.7. The number of aromatic nitrogens is 2. The Hall–Kier alpha value is -2.89. The lowest BCUT2D eigenvalue weighted by Crippen LogP contribution is -2.26. The molecule has 0 saturated heterocycles. The van der Waals surface area contributed by atoms with Gasteiger partial charge in [-0.1, -0.05) is 35.5 Å². The van der Waals surface area contributed by atoms with Crippen LogP contribution in [0.1, 0.15) is 30.8 Å². The van der Waals surface area contributed by atoms with E-state index in [0.717, 1.165) is 5.56 Å². The first kappa shape index (κ1) is 15.0. The second kappa shape index (κ2) is 6.91. The average molecular weight is 311 g/mol. The van der Waals surface area contributed by atoms with Crippen LogP contribution in [-0.2, 0) is 11.2 Å². The van der Waals surface area contributed by atoms with Gasteiger partial charge in [-0.15, -0.1) is 0 Å². The van der Waals surface area contributed by atoms with Gasteiger partial charge < -0.3 is 14.3 Å². The molecule has 118 valence electrons. The number of benzene rings is 1. The molecule has 6 nitrogen and oxygen atoms in total. The first-order valence-electron chi connectivity index (χ1n) is 7.43. The number of nitrogens with zero attached hydrogens (tertiary/aromatic N) is 2. The quantitative estimate of drug-likeness (QED) is 0.756. The molecule has 2 heterocycles. The minimum atomic E-state index is -0.0564. The predicted octanol–water partition coefficient (Wildman–Crippen LogP) is 3.14. The molecule has 1 atom stereocenters. The molecule has 0 spiro atoms. The Balaban J connectivity index is 1.51. The van der Waals surface area contributed by atoms with Crippen molar-refractivity contribution in [3.05, 3.63) is 60.2 Å². The summed E-state index contributed by atoms with van der Waals surface area (Å²) >= 11 is 0. The molecule has 1 N–H and O–H groups in total. The number of carbonyl (C=O) groups is 1. The fraction of sp³-hybridized carbons (Fsp3) is 0.235. The van der Waals surface area contributed by atoms with Gasteiger partial charge >= 0.3 is 0 Å². The van der Waals surface area contributed by atoms with E-state index in [1.54, 1.807) is 18.4 Å². The van der Waals surface area contributed by atoms with Gasteiger partial charge in [-0.25, -0.2) is 0 Å². The lowest BCUT2D eigenvalue weighted by atomic mass is 10.1. The van der Waals surface area contributed by atoms with E-state index >= 15 is 0 Å². The van der Waals surface area contributed by atoms with Crippen molar-refractivity contribution in [1.29, 1.82) is 0 Å². The molecule has 0 radical (unpaired) electrons. The highest BCUT2D eigenvalue weighted by molar-refractivity contribution is 5.76. The summed E-state index contributed by atoms with van der Waals surface area (Å²) in [6.07, 6.45) is 2.22. The van der Waals surface area contributed by atoms with Gasteiger partial charge in [0, 0.05) is 12.8 Å². The van der Waals surface area contributed by atoms with E-state index < -0.39 is 0 Å². The molecule has 0 bridgehead atoms. The summed E-state index contributed by atoms with van der Waals surface area (Å²) in [5.41, 5.74) is 1.07. The number of amides is 1. The van der Waals surface area contributed by atoms with Crippen molar-refractivity contribution in [1.82, 2.24) is 15.5 Å². The Bertz CT molecular complexity index is 751. The van der Waals surface area contributed by atoms with Crippen LogP contribution in [0.15, 0.2) is 57.7 Å². The molecular weight excluding hydrogens is 294 g/mol. The van der Waals surface area contributed by atoms with Gasteiger partial charge in [-0.3, -0.25) is 4.79 Å². The minimum absolute atomic E-state index is 0.0370. The van der Waals surface area contributed by atoms with Gasteiger partial charge in [0.15, 0.2) is 5.76 Å². The van der Waals surface area contributed by atoms with Crippen molar-refractivity contribution in [2.75, 3.05) is 0 Å². The molecule has 3 rings (SSSR count). The number of rotatable bonds is 6. The van der Waals surface area contributed by atoms with Crippen LogP contribution in [0.25, 0.3) is 11.6 Å². The SMILES string of the molecule is CC(NC(=O)CCc1nc(-c2ccco2)no1)c1ccccc1. The monoisotopic (exact) mass is 311 g/mol. The maximum Gasteiger partial charge on any atom is 0.238 e.